The molecule has 1 fully saturated rings. The lowest BCUT2D eigenvalue weighted by Crippen LogP contribution is -2.28. The molecule has 1 saturated heterocycles. The summed E-state index contributed by atoms with van der Waals surface area (Å²) in [5.74, 6) is -0.907. The van der Waals surface area contributed by atoms with Crippen LogP contribution in [0, 0.1) is 11.7 Å². The summed E-state index contributed by atoms with van der Waals surface area (Å²) >= 11 is 0. The molecule has 24 heavy (non-hydrogen) atoms. The van der Waals surface area contributed by atoms with E-state index in [4.69, 9.17) is 4.74 Å². The van der Waals surface area contributed by atoms with Gasteiger partial charge in [0.25, 0.3) is 5.91 Å². The molecule has 0 N–H and O–H groups in total. The van der Waals surface area contributed by atoms with Gasteiger partial charge in [-0.2, -0.15) is 10.1 Å². The topological polar surface area (TPSA) is 54.3 Å². The van der Waals surface area contributed by atoms with E-state index in [1.807, 2.05) is 6.92 Å². The Bertz CT molecular complexity index is 636. The van der Waals surface area contributed by atoms with Gasteiger partial charge in [0, 0.05) is 12.8 Å². The third-order valence-corrected chi connectivity index (χ3v) is 4.23. The second kappa shape index (κ2) is 7.66. The van der Waals surface area contributed by atoms with Crippen LogP contribution < -0.4 is 5.01 Å². The Hall–Kier alpha value is -2.08. The third-order valence-electron chi connectivity index (χ3n) is 4.23. The maximum atomic E-state index is 13.1. The number of halogens is 1. The van der Waals surface area contributed by atoms with Gasteiger partial charge in [0.05, 0.1) is 24.0 Å². The van der Waals surface area contributed by atoms with Crippen LogP contribution in [-0.2, 0) is 9.53 Å². The second-order valence-corrected chi connectivity index (χ2v) is 6.09. The summed E-state index contributed by atoms with van der Waals surface area (Å²) in [6, 6.07) is 5.78. The average molecular weight is 331 g/mol. The fourth-order valence-corrected chi connectivity index (χ4v) is 2.97. The van der Waals surface area contributed by atoms with E-state index in [0.717, 1.165) is 38.0 Å². The molecule has 128 valence electrons. The van der Waals surface area contributed by atoms with Crippen LogP contribution in [0.5, 0.6) is 0 Å². The number of anilines is 1. The molecule has 1 aromatic rings. The van der Waals surface area contributed by atoms with Crippen molar-refractivity contribution in [3.05, 3.63) is 30.1 Å². The summed E-state index contributed by atoms with van der Waals surface area (Å²) in [5.41, 5.74) is 1.38. The molecule has 0 aliphatic carbocycles. The van der Waals surface area contributed by atoms with Crippen molar-refractivity contribution in [1.82, 2.24) is 0 Å². The molecule has 0 radical (unpaired) electrons. The first kappa shape index (κ1) is 16.8. The molecule has 0 saturated carbocycles. The van der Waals surface area contributed by atoms with Crippen molar-refractivity contribution in [3.8, 4) is 0 Å². The highest BCUT2D eigenvalue weighted by atomic mass is 19.1. The molecule has 0 spiro atoms. The van der Waals surface area contributed by atoms with Gasteiger partial charge in [0.1, 0.15) is 11.7 Å². The van der Waals surface area contributed by atoms with Crippen LogP contribution >= 0.6 is 0 Å². The number of hydrogen-bond donors (Lipinski definition) is 0. The lowest BCUT2D eigenvalue weighted by Gasteiger charge is -2.12. The van der Waals surface area contributed by atoms with E-state index in [2.05, 4.69) is 10.1 Å². The summed E-state index contributed by atoms with van der Waals surface area (Å²) < 4.78 is 18.6. The molecule has 6 heteroatoms. The largest absolute Gasteiger partial charge is 0.376 e. The fraction of sp³-hybridized carbons (Fsp3) is 0.500. The van der Waals surface area contributed by atoms with Gasteiger partial charge in [-0.1, -0.05) is 13.3 Å². The molecule has 5 nitrogen and oxygen atoms in total. The highest BCUT2D eigenvalue weighted by molar-refractivity contribution is 6.24. The Balaban J connectivity index is 1.73. The summed E-state index contributed by atoms with van der Waals surface area (Å²) in [4.78, 5) is 17.1. The van der Waals surface area contributed by atoms with Gasteiger partial charge in [-0.15, -0.1) is 0 Å². The monoisotopic (exact) mass is 331 g/mol. The average Bonchev–Trinajstić information content (AvgIpc) is 3.19. The van der Waals surface area contributed by atoms with Crippen LogP contribution in [0.15, 0.2) is 34.4 Å². The Morgan fingerprint density at radius 3 is 2.88 bits per heavy atom. The number of hydrazone groups is 1. The van der Waals surface area contributed by atoms with Crippen LogP contribution in [0.2, 0.25) is 0 Å². The molecular formula is C18H22FN3O2. The molecule has 2 heterocycles. The van der Waals surface area contributed by atoms with Gasteiger partial charge < -0.3 is 4.74 Å². The van der Waals surface area contributed by atoms with Crippen molar-refractivity contribution < 1.29 is 13.9 Å². The van der Waals surface area contributed by atoms with Crippen LogP contribution in [0.4, 0.5) is 10.1 Å². The van der Waals surface area contributed by atoms with Crippen molar-refractivity contribution in [2.75, 3.05) is 18.2 Å². The highest BCUT2D eigenvalue weighted by Gasteiger charge is 2.35. The quantitative estimate of drug-likeness (QED) is 0.752. The molecule has 2 aliphatic rings. The van der Waals surface area contributed by atoms with E-state index in [-0.39, 0.29) is 17.8 Å². The molecule has 3 rings (SSSR count). The van der Waals surface area contributed by atoms with Gasteiger partial charge in [0.15, 0.2) is 0 Å². The number of rotatable bonds is 6. The summed E-state index contributed by atoms with van der Waals surface area (Å²) in [7, 11) is 0. The zero-order valence-corrected chi connectivity index (χ0v) is 13.8. The van der Waals surface area contributed by atoms with Crippen molar-refractivity contribution in [2.24, 2.45) is 16.0 Å². The van der Waals surface area contributed by atoms with Crippen LogP contribution in [0.1, 0.15) is 32.6 Å². The Kier molecular flexibility index (Phi) is 5.35. The van der Waals surface area contributed by atoms with E-state index in [1.165, 1.54) is 17.1 Å². The van der Waals surface area contributed by atoms with Crippen molar-refractivity contribution in [3.63, 3.8) is 0 Å². The standard InChI is InChI=1S/C18H22FN3O2/c1-2-4-17-16(12-20-11-15-5-3-10-24-15)18(23)22(21-17)14-8-6-13(19)7-9-14/h6-9,12,15-16H,2-5,10-11H2,1H3/t15-,16+/m0/s1. The Labute approximate surface area is 141 Å². The summed E-state index contributed by atoms with van der Waals surface area (Å²) in [6.07, 6.45) is 5.59. The lowest BCUT2D eigenvalue weighted by atomic mass is 10.0. The molecule has 0 unspecified atom stereocenters. The molecule has 2 aliphatic heterocycles. The first-order chi connectivity index (χ1) is 11.7. The number of aliphatic imine (C=N–C) groups is 1. The first-order valence-corrected chi connectivity index (χ1v) is 8.47. The van der Waals surface area contributed by atoms with Crippen molar-refractivity contribution in [1.29, 1.82) is 0 Å². The first-order valence-electron chi connectivity index (χ1n) is 8.47. The van der Waals surface area contributed by atoms with Gasteiger partial charge in [-0.05, 0) is 43.5 Å². The number of amides is 1. The minimum atomic E-state index is -0.434. The molecule has 1 amide bonds. The van der Waals surface area contributed by atoms with E-state index in [0.29, 0.717) is 12.2 Å². The van der Waals surface area contributed by atoms with Gasteiger partial charge in [-0.3, -0.25) is 9.79 Å². The number of benzene rings is 1. The second-order valence-electron chi connectivity index (χ2n) is 6.09. The van der Waals surface area contributed by atoms with Gasteiger partial charge in [-0.25, -0.2) is 4.39 Å². The van der Waals surface area contributed by atoms with Gasteiger partial charge >= 0.3 is 0 Å². The predicted octanol–water partition coefficient (Wildman–Crippen LogP) is 3.19. The lowest BCUT2D eigenvalue weighted by molar-refractivity contribution is -0.118. The Morgan fingerprint density at radius 1 is 1.42 bits per heavy atom. The third kappa shape index (κ3) is 3.70. The maximum Gasteiger partial charge on any atom is 0.261 e. The summed E-state index contributed by atoms with van der Waals surface area (Å²) in [5, 5.41) is 5.80. The number of ether oxygens (including phenoxy) is 1. The van der Waals surface area contributed by atoms with Gasteiger partial charge in [0.2, 0.25) is 0 Å². The molecule has 0 bridgehead atoms. The van der Waals surface area contributed by atoms with E-state index in [1.54, 1.807) is 18.3 Å². The Morgan fingerprint density at radius 2 is 2.21 bits per heavy atom. The smallest absolute Gasteiger partial charge is 0.261 e. The minimum Gasteiger partial charge on any atom is -0.376 e. The maximum absolute atomic E-state index is 13.1. The van der Waals surface area contributed by atoms with E-state index >= 15 is 0 Å². The minimum absolute atomic E-state index is 0.138. The van der Waals surface area contributed by atoms with E-state index < -0.39 is 5.92 Å². The number of hydrogen-bond acceptors (Lipinski definition) is 4. The molecule has 2 atom stereocenters. The van der Waals surface area contributed by atoms with Crippen LogP contribution in [0.3, 0.4) is 0 Å². The van der Waals surface area contributed by atoms with Crippen molar-refractivity contribution in [2.45, 2.75) is 38.7 Å². The molecule has 0 aromatic heterocycles. The highest BCUT2D eigenvalue weighted by Crippen LogP contribution is 2.25. The number of nitrogens with zero attached hydrogens (tertiary/aromatic N) is 3. The molecule has 1 aromatic carbocycles. The number of carbonyl (C=O) groups is 1. The van der Waals surface area contributed by atoms with Crippen molar-refractivity contribution >= 4 is 23.5 Å². The predicted molar refractivity (Wildman–Crippen MR) is 92.1 cm³/mol. The zero-order chi connectivity index (χ0) is 16.9. The van der Waals surface area contributed by atoms with E-state index in [9.17, 15) is 9.18 Å². The number of carbonyl (C=O) groups excluding carboxylic acids is 1. The normalized spacial score (nSPS) is 24.2. The SMILES string of the molecule is CCCC1=NN(c2ccc(F)cc2)C(=O)[C@@H]1C=NC[C@@H]1CCCO1. The molecular weight excluding hydrogens is 309 g/mol. The zero-order valence-electron chi connectivity index (χ0n) is 13.8. The summed E-state index contributed by atoms with van der Waals surface area (Å²) in [6.45, 7) is 3.43. The van der Waals surface area contributed by atoms with Crippen LogP contribution in [0.25, 0.3) is 0 Å². The van der Waals surface area contributed by atoms with Crippen LogP contribution in [-0.4, -0.2) is 37.1 Å². The fourth-order valence-electron chi connectivity index (χ4n) is 2.97.